The molecule has 0 amide bonds. The Morgan fingerprint density at radius 2 is 2.24 bits per heavy atom. The Bertz CT molecular complexity index is 391. The number of hydrogen-bond acceptors (Lipinski definition) is 6. The number of carbonyl (C=O) groups is 1. The Morgan fingerprint density at radius 1 is 1.48 bits per heavy atom. The minimum absolute atomic E-state index is 0.170. The van der Waals surface area contributed by atoms with Crippen LogP contribution in [0.3, 0.4) is 0 Å². The van der Waals surface area contributed by atoms with Crippen molar-refractivity contribution in [1.82, 2.24) is 5.32 Å². The first-order valence-corrected chi connectivity index (χ1v) is 7.12. The highest BCUT2D eigenvalue weighted by Gasteiger charge is 2.20. The van der Waals surface area contributed by atoms with Gasteiger partial charge < -0.3 is 24.3 Å². The molecule has 0 aromatic carbocycles. The highest BCUT2D eigenvalue weighted by Crippen LogP contribution is 2.06. The summed E-state index contributed by atoms with van der Waals surface area (Å²) in [6.07, 6.45) is 1.54. The number of aliphatic hydroxyl groups is 1. The van der Waals surface area contributed by atoms with Gasteiger partial charge in [-0.2, -0.15) is 0 Å². The third-order valence-electron chi connectivity index (χ3n) is 2.93. The molecule has 21 heavy (non-hydrogen) atoms. The zero-order valence-electron chi connectivity index (χ0n) is 12.9. The fourth-order valence-electron chi connectivity index (χ4n) is 1.90. The first-order chi connectivity index (χ1) is 10.0. The molecule has 2 atom stereocenters. The molecule has 1 heterocycles. The summed E-state index contributed by atoms with van der Waals surface area (Å²) in [7, 11) is 1.36. The highest BCUT2D eigenvalue weighted by molar-refractivity contribution is 5.75. The maximum atomic E-state index is 11.6. The van der Waals surface area contributed by atoms with E-state index in [4.69, 9.17) is 13.9 Å². The van der Waals surface area contributed by atoms with Crippen LogP contribution < -0.4 is 5.32 Å². The van der Waals surface area contributed by atoms with E-state index in [9.17, 15) is 9.90 Å². The predicted octanol–water partition coefficient (Wildman–Crippen LogP) is 1.33. The Morgan fingerprint density at radius 3 is 2.81 bits per heavy atom. The van der Waals surface area contributed by atoms with E-state index in [1.165, 1.54) is 7.11 Å². The molecule has 0 spiro atoms. The van der Waals surface area contributed by atoms with Crippen molar-refractivity contribution >= 4 is 5.97 Å². The van der Waals surface area contributed by atoms with Gasteiger partial charge in [0.15, 0.2) is 0 Å². The monoisotopic (exact) mass is 299 g/mol. The molecule has 0 radical (unpaired) electrons. The number of esters is 1. The molecule has 2 unspecified atom stereocenters. The molecule has 1 aromatic heterocycles. The van der Waals surface area contributed by atoms with Gasteiger partial charge in [-0.25, -0.2) is 0 Å². The molecular formula is C15H25NO5. The molecule has 120 valence electrons. The van der Waals surface area contributed by atoms with Crippen LogP contribution in [-0.4, -0.2) is 43.5 Å². The molecule has 6 nitrogen and oxygen atoms in total. The van der Waals surface area contributed by atoms with Gasteiger partial charge in [0.25, 0.3) is 0 Å². The van der Waals surface area contributed by atoms with E-state index >= 15 is 0 Å². The van der Waals surface area contributed by atoms with E-state index in [-0.39, 0.29) is 19.1 Å². The zero-order valence-corrected chi connectivity index (χ0v) is 12.9. The van der Waals surface area contributed by atoms with Crippen LogP contribution in [0.2, 0.25) is 0 Å². The minimum Gasteiger partial charge on any atom is -0.468 e. The molecule has 1 rings (SSSR count). The van der Waals surface area contributed by atoms with Crippen LogP contribution in [-0.2, 0) is 20.9 Å². The van der Waals surface area contributed by atoms with Gasteiger partial charge in [-0.15, -0.1) is 0 Å². The van der Waals surface area contributed by atoms with E-state index < -0.39 is 12.1 Å². The van der Waals surface area contributed by atoms with Crippen molar-refractivity contribution in [3.05, 3.63) is 24.2 Å². The van der Waals surface area contributed by atoms with E-state index in [2.05, 4.69) is 5.32 Å². The zero-order chi connectivity index (χ0) is 15.7. The second-order valence-corrected chi connectivity index (χ2v) is 5.36. The average molecular weight is 299 g/mol. The highest BCUT2D eigenvalue weighted by atomic mass is 16.5. The van der Waals surface area contributed by atoms with E-state index in [1.54, 1.807) is 18.4 Å². The lowest BCUT2D eigenvalue weighted by Gasteiger charge is -2.20. The summed E-state index contributed by atoms with van der Waals surface area (Å²) in [6, 6.07) is 3.18. The van der Waals surface area contributed by atoms with E-state index in [0.717, 1.165) is 0 Å². The van der Waals surface area contributed by atoms with Gasteiger partial charge in [0.2, 0.25) is 0 Å². The van der Waals surface area contributed by atoms with Gasteiger partial charge in [0.05, 0.1) is 26.1 Å². The quantitative estimate of drug-likeness (QED) is 0.635. The summed E-state index contributed by atoms with van der Waals surface area (Å²) >= 11 is 0. The number of ether oxygens (including phenoxy) is 2. The average Bonchev–Trinajstić information content (AvgIpc) is 2.95. The Hall–Kier alpha value is -1.37. The van der Waals surface area contributed by atoms with Crippen molar-refractivity contribution < 1.29 is 23.8 Å². The van der Waals surface area contributed by atoms with Crippen molar-refractivity contribution in [1.29, 1.82) is 0 Å². The van der Waals surface area contributed by atoms with Gasteiger partial charge in [0, 0.05) is 6.54 Å². The van der Waals surface area contributed by atoms with Crippen molar-refractivity contribution in [2.45, 2.75) is 39.0 Å². The lowest BCUT2D eigenvalue weighted by Crippen LogP contribution is -2.43. The molecule has 0 saturated carbocycles. The number of methoxy groups -OCH3 is 1. The molecular weight excluding hydrogens is 274 g/mol. The van der Waals surface area contributed by atoms with Crippen molar-refractivity contribution in [3.8, 4) is 0 Å². The molecule has 0 fully saturated rings. The summed E-state index contributed by atoms with van der Waals surface area (Å²) in [5.41, 5.74) is 0. The Balaban J connectivity index is 2.25. The Kier molecular flexibility index (Phi) is 8.04. The number of nitrogens with one attached hydrogen (secondary N) is 1. The summed E-state index contributed by atoms with van der Waals surface area (Å²) in [5.74, 6) is 0.753. The van der Waals surface area contributed by atoms with Gasteiger partial charge >= 0.3 is 5.97 Å². The minimum atomic E-state index is -0.695. The van der Waals surface area contributed by atoms with Crippen LogP contribution in [0.25, 0.3) is 0 Å². The summed E-state index contributed by atoms with van der Waals surface area (Å²) in [4.78, 5) is 11.6. The number of rotatable bonds is 10. The van der Waals surface area contributed by atoms with Crippen molar-refractivity contribution in [2.24, 2.45) is 5.92 Å². The van der Waals surface area contributed by atoms with Crippen LogP contribution in [0.5, 0.6) is 0 Å². The molecule has 0 aliphatic rings. The molecule has 2 N–H and O–H groups in total. The van der Waals surface area contributed by atoms with Gasteiger partial charge in [-0.1, -0.05) is 13.8 Å². The lowest BCUT2D eigenvalue weighted by atomic mass is 10.0. The second kappa shape index (κ2) is 9.55. The lowest BCUT2D eigenvalue weighted by molar-refractivity contribution is -0.143. The molecule has 0 saturated heterocycles. The largest absolute Gasteiger partial charge is 0.468 e. The van der Waals surface area contributed by atoms with Crippen LogP contribution >= 0.6 is 0 Å². The summed E-state index contributed by atoms with van der Waals surface area (Å²) < 4.78 is 15.2. The van der Waals surface area contributed by atoms with E-state index in [0.29, 0.717) is 24.7 Å². The van der Waals surface area contributed by atoms with Crippen molar-refractivity contribution in [3.63, 3.8) is 0 Å². The van der Waals surface area contributed by atoms with Crippen LogP contribution in [0.1, 0.15) is 26.0 Å². The standard InChI is InChI=1S/C15H25NO5/c1-11(2)7-14(15(18)19-3)16-8-12(17)9-20-10-13-5-4-6-21-13/h4-6,11-12,14,16-17H,7-10H2,1-3H3. The number of furan rings is 1. The SMILES string of the molecule is COC(=O)C(CC(C)C)NCC(O)COCc1ccco1. The van der Waals surface area contributed by atoms with Crippen LogP contribution in [0.4, 0.5) is 0 Å². The Labute approximate surface area is 125 Å². The number of hydrogen-bond donors (Lipinski definition) is 2. The smallest absolute Gasteiger partial charge is 0.322 e. The molecule has 0 bridgehead atoms. The third-order valence-corrected chi connectivity index (χ3v) is 2.93. The first kappa shape index (κ1) is 17.7. The predicted molar refractivity (Wildman–Crippen MR) is 77.6 cm³/mol. The molecule has 0 aliphatic heterocycles. The summed E-state index contributed by atoms with van der Waals surface area (Å²) in [5, 5.41) is 12.9. The number of carbonyl (C=O) groups excluding carboxylic acids is 1. The molecule has 6 heteroatoms. The third kappa shape index (κ3) is 7.27. The normalized spacial score (nSPS) is 14.1. The number of aliphatic hydroxyl groups excluding tert-OH is 1. The fraction of sp³-hybridized carbons (Fsp3) is 0.667. The van der Waals surface area contributed by atoms with E-state index in [1.807, 2.05) is 13.8 Å². The van der Waals surface area contributed by atoms with Crippen LogP contribution in [0.15, 0.2) is 22.8 Å². The second-order valence-electron chi connectivity index (χ2n) is 5.36. The van der Waals surface area contributed by atoms with Crippen LogP contribution in [0, 0.1) is 5.92 Å². The maximum Gasteiger partial charge on any atom is 0.322 e. The topological polar surface area (TPSA) is 80.9 Å². The fourth-order valence-corrected chi connectivity index (χ4v) is 1.90. The van der Waals surface area contributed by atoms with Crippen molar-refractivity contribution in [2.75, 3.05) is 20.3 Å². The van der Waals surface area contributed by atoms with Gasteiger partial charge in [-0.3, -0.25) is 4.79 Å². The molecule has 0 aliphatic carbocycles. The maximum absolute atomic E-state index is 11.6. The van der Waals surface area contributed by atoms with Gasteiger partial charge in [-0.05, 0) is 24.5 Å². The summed E-state index contributed by atoms with van der Waals surface area (Å²) in [6.45, 7) is 4.81. The van der Waals surface area contributed by atoms with Gasteiger partial charge in [0.1, 0.15) is 18.4 Å². The first-order valence-electron chi connectivity index (χ1n) is 7.12. The molecule has 1 aromatic rings.